The van der Waals surface area contributed by atoms with Gasteiger partial charge in [-0.15, -0.1) is 0 Å². The van der Waals surface area contributed by atoms with Gasteiger partial charge in [0.05, 0.1) is 24.7 Å². The van der Waals surface area contributed by atoms with E-state index in [-0.39, 0.29) is 24.2 Å². The zero-order valence-electron chi connectivity index (χ0n) is 10.5. The number of morpholine rings is 1. The summed E-state index contributed by atoms with van der Waals surface area (Å²) >= 11 is 0. The Kier molecular flexibility index (Phi) is 2.83. The molecule has 0 saturated carbocycles. The van der Waals surface area contributed by atoms with Crippen molar-refractivity contribution in [3.05, 3.63) is 28.8 Å². The highest BCUT2D eigenvalue weighted by Crippen LogP contribution is 2.11. The number of imidazole rings is 1. The van der Waals surface area contributed by atoms with Crippen molar-refractivity contribution in [2.45, 2.75) is 12.6 Å². The van der Waals surface area contributed by atoms with Gasteiger partial charge in [-0.25, -0.2) is 9.78 Å². The van der Waals surface area contributed by atoms with Crippen LogP contribution in [0.1, 0.15) is 0 Å². The first kappa shape index (κ1) is 11.9. The molecule has 0 spiro atoms. The molecule has 7 nitrogen and oxygen atoms in total. The van der Waals surface area contributed by atoms with Gasteiger partial charge < -0.3 is 9.64 Å². The number of aromatic amines is 1. The summed E-state index contributed by atoms with van der Waals surface area (Å²) in [7, 11) is 1.73. The number of hydrogen-bond acceptors (Lipinski definition) is 4. The number of ether oxygens (including phenoxy) is 1. The number of nitrogens with zero attached hydrogens (tertiary/aromatic N) is 3. The smallest absolute Gasteiger partial charge is 0.327 e. The third-order valence-corrected chi connectivity index (χ3v) is 3.42. The zero-order chi connectivity index (χ0) is 13.4. The molecule has 1 saturated heterocycles. The predicted molar refractivity (Wildman–Crippen MR) is 67.7 cm³/mol. The molecular weight excluding hydrogens is 248 g/mol. The van der Waals surface area contributed by atoms with Crippen LogP contribution in [-0.2, 0) is 16.1 Å². The molecule has 1 aliphatic heterocycles. The van der Waals surface area contributed by atoms with Crippen LogP contribution in [0.15, 0.2) is 23.1 Å². The van der Waals surface area contributed by atoms with Crippen LogP contribution in [0.2, 0.25) is 0 Å². The maximum Gasteiger partial charge on any atom is 0.327 e. The summed E-state index contributed by atoms with van der Waals surface area (Å²) in [6.07, 6.45) is 1.63. The molecule has 0 aromatic carbocycles. The van der Waals surface area contributed by atoms with Gasteiger partial charge in [-0.1, -0.05) is 0 Å². The number of carbonyl (C=O) groups is 1. The van der Waals surface area contributed by atoms with Crippen molar-refractivity contribution in [2.24, 2.45) is 0 Å². The van der Waals surface area contributed by atoms with Crippen LogP contribution in [0.4, 0.5) is 0 Å². The van der Waals surface area contributed by atoms with E-state index in [2.05, 4.69) is 9.97 Å². The number of hydrogen-bond donors (Lipinski definition) is 1. The van der Waals surface area contributed by atoms with E-state index >= 15 is 0 Å². The number of H-pyrrole nitrogens is 1. The quantitative estimate of drug-likeness (QED) is 0.797. The van der Waals surface area contributed by atoms with E-state index in [1.54, 1.807) is 28.8 Å². The summed E-state index contributed by atoms with van der Waals surface area (Å²) in [6, 6.07) is 3.46. The third kappa shape index (κ3) is 2.01. The van der Waals surface area contributed by atoms with Crippen molar-refractivity contribution >= 4 is 17.1 Å². The number of nitrogens with one attached hydrogen (secondary N) is 1. The summed E-state index contributed by atoms with van der Waals surface area (Å²) in [6.45, 7) is 0.936. The summed E-state index contributed by atoms with van der Waals surface area (Å²) < 4.78 is 6.82. The molecular formula is C12H14N4O3. The number of amides is 1. The highest BCUT2D eigenvalue weighted by molar-refractivity contribution is 5.78. The molecule has 2 aromatic heterocycles. The van der Waals surface area contributed by atoms with Crippen molar-refractivity contribution in [2.75, 3.05) is 20.3 Å². The SMILES string of the molecule is CN1C(=O)COC[C@@H]1Cn1c(=O)[nH]c2ncccc21. The second kappa shape index (κ2) is 4.51. The number of pyridine rings is 1. The largest absolute Gasteiger partial charge is 0.369 e. The van der Waals surface area contributed by atoms with Crippen LogP contribution >= 0.6 is 0 Å². The highest BCUT2D eigenvalue weighted by Gasteiger charge is 2.26. The topological polar surface area (TPSA) is 80.2 Å². The Balaban J connectivity index is 1.95. The van der Waals surface area contributed by atoms with E-state index in [0.717, 1.165) is 5.52 Å². The van der Waals surface area contributed by atoms with Gasteiger partial charge in [-0.05, 0) is 12.1 Å². The van der Waals surface area contributed by atoms with Crippen molar-refractivity contribution in [1.82, 2.24) is 19.4 Å². The van der Waals surface area contributed by atoms with Crippen molar-refractivity contribution < 1.29 is 9.53 Å². The third-order valence-electron chi connectivity index (χ3n) is 3.42. The second-order valence-electron chi connectivity index (χ2n) is 4.59. The predicted octanol–water partition coefficient (Wildman–Crippen LogP) is -0.418. The number of rotatable bonds is 2. The molecule has 0 aliphatic carbocycles. The molecule has 3 heterocycles. The molecule has 0 radical (unpaired) electrons. The minimum Gasteiger partial charge on any atom is -0.369 e. The van der Waals surface area contributed by atoms with Gasteiger partial charge >= 0.3 is 5.69 Å². The highest BCUT2D eigenvalue weighted by atomic mass is 16.5. The molecule has 1 fully saturated rings. The number of fused-ring (bicyclic) bond motifs is 1. The van der Waals surface area contributed by atoms with Crippen LogP contribution in [0.3, 0.4) is 0 Å². The van der Waals surface area contributed by atoms with Crippen LogP contribution in [0, 0.1) is 0 Å². The molecule has 0 bridgehead atoms. The lowest BCUT2D eigenvalue weighted by Gasteiger charge is -2.32. The van der Waals surface area contributed by atoms with Gasteiger partial charge in [0.25, 0.3) is 0 Å². The monoisotopic (exact) mass is 262 g/mol. The number of likely N-dealkylation sites (N-methyl/N-ethyl adjacent to an activating group) is 1. The zero-order valence-corrected chi connectivity index (χ0v) is 10.5. The Morgan fingerprint density at radius 1 is 1.53 bits per heavy atom. The molecule has 0 unspecified atom stereocenters. The van der Waals surface area contributed by atoms with E-state index in [0.29, 0.717) is 18.8 Å². The number of aromatic nitrogens is 3. The van der Waals surface area contributed by atoms with Gasteiger partial charge in [-0.3, -0.25) is 14.3 Å². The summed E-state index contributed by atoms with van der Waals surface area (Å²) in [5, 5.41) is 0. The molecule has 3 rings (SSSR count). The molecule has 1 N–H and O–H groups in total. The molecule has 2 aromatic rings. The fourth-order valence-corrected chi connectivity index (χ4v) is 2.26. The number of carbonyl (C=O) groups excluding carboxylic acids is 1. The van der Waals surface area contributed by atoms with E-state index in [1.165, 1.54) is 0 Å². The molecule has 1 amide bonds. The molecule has 7 heteroatoms. The van der Waals surface area contributed by atoms with Crippen molar-refractivity contribution in [3.8, 4) is 0 Å². The Labute approximate surface area is 108 Å². The Morgan fingerprint density at radius 3 is 3.21 bits per heavy atom. The van der Waals surface area contributed by atoms with E-state index in [1.807, 2.05) is 6.07 Å². The molecule has 19 heavy (non-hydrogen) atoms. The normalized spacial score (nSPS) is 20.2. The summed E-state index contributed by atoms with van der Waals surface area (Å²) in [5.74, 6) is -0.0673. The Bertz CT molecular complexity index is 675. The standard InChI is InChI=1S/C12H14N4O3/c1-15-8(6-19-7-10(15)17)5-16-9-3-2-4-13-11(9)14-12(16)18/h2-4,8H,5-7H2,1H3,(H,13,14,18)/t8-/m0/s1. The molecule has 1 aliphatic rings. The lowest BCUT2D eigenvalue weighted by atomic mass is 10.2. The van der Waals surface area contributed by atoms with E-state index in [4.69, 9.17) is 4.74 Å². The average Bonchev–Trinajstić information content (AvgIpc) is 2.72. The van der Waals surface area contributed by atoms with E-state index < -0.39 is 0 Å². The molecule has 1 atom stereocenters. The summed E-state index contributed by atoms with van der Waals surface area (Å²) in [4.78, 5) is 31.9. The maximum absolute atomic E-state index is 11.9. The first-order chi connectivity index (χ1) is 9.16. The van der Waals surface area contributed by atoms with Gasteiger partial charge in [0, 0.05) is 13.2 Å². The van der Waals surface area contributed by atoms with Crippen molar-refractivity contribution in [1.29, 1.82) is 0 Å². The first-order valence-corrected chi connectivity index (χ1v) is 6.04. The minimum atomic E-state index is -0.222. The fraction of sp³-hybridized carbons (Fsp3) is 0.417. The van der Waals surface area contributed by atoms with Gasteiger partial charge in [0.15, 0.2) is 5.65 Å². The Morgan fingerprint density at radius 2 is 2.37 bits per heavy atom. The van der Waals surface area contributed by atoms with Crippen LogP contribution < -0.4 is 5.69 Å². The van der Waals surface area contributed by atoms with Crippen molar-refractivity contribution in [3.63, 3.8) is 0 Å². The maximum atomic E-state index is 11.9. The molecule has 100 valence electrons. The first-order valence-electron chi connectivity index (χ1n) is 6.04. The van der Waals surface area contributed by atoms with Crippen LogP contribution in [-0.4, -0.2) is 51.6 Å². The summed E-state index contributed by atoms with van der Waals surface area (Å²) in [5.41, 5.74) is 1.07. The van der Waals surface area contributed by atoms with Crippen LogP contribution in [0.25, 0.3) is 11.2 Å². The Hall–Kier alpha value is -2.15. The lowest BCUT2D eigenvalue weighted by molar-refractivity contribution is -0.146. The van der Waals surface area contributed by atoms with Gasteiger partial charge in [-0.2, -0.15) is 0 Å². The average molecular weight is 262 g/mol. The minimum absolute atomic E-state index is 0.0673. The van der Waals surface area contributed by atoms with Gasteiger partial charge in [0.2, 0.25) is 5.91 Å². The van der Waals surface area contributed by atoms with E-state index in [9.17, 15) is 9.59 Å². The second-order valence-corrected chi connectivity index (χ2v) is 4.59. The van der Waals surface area contributed by atoms with Gasteiger partial charge in [0.1, 0.15) is 6.61 Å². The van der Waals surface area contributed by atoms with Crippen LogP contribution in [0.5, 0.6) is 0 Å². The lowest BCUT2D eigenvalue weighted by Crippen LogP contribution is -2.49. The fourth-order valence-electron chi connectivity index (χ4n) is 2.26.